The second kappa shape index (κ2) is 39.9. The zero-order chi connectivity index (χ0) is 43.7. The number of unbranched alkanes of at least 4 members (excludes halogenated alkanes) is 15. The number of carbonyl (C=O) groups is 2. The van der Waals surface area contributed by atoms with Gasteiger partial charge in [0.2, 0.25) is 0 Å². The fourth-order valence-electron chi connectivity index (χ4n) is 5.51. The molecule has 0 heterocycles. The third-order valence-electron chi connectivity index (χ3n) is 8.87. The zero-order valence-electron chi connectivity index (χ0n) is 36.1. The van der Waals surface area contributed by atoms with Crippen molar-refractivity contribution in [3.8, 4) is 0 Å². The number of phosphoric ester groups is 2. The minimum absolute atomic E-state index is 0.113. The summed E-state index contributed by atoms with van der Waals surface area (Å²) in [5.41, 5.74) is 0. The molecule has 0 aromatic carbocycles. The number of phosphoric acid groups is 2. The summed E-state index contributed by atoms with van der Waals surface area (Å²) >= 11 is 0. The van der Waals surface area contributed by atoms with Gasteiger partial charge in [0.25, 0.3) is 0 Å². The number of aliphatic hydroxyl groups is 1. The second-order valence-corrected chi connectivity index (χ2v) is 17.3. The first kappa shape index (κ1) is 56.8. The van der Waals surface area contributed by atoms with E-state index in [9.17, 15) is 28.7 Å². The molecule has 0 aliphatic rings. The number of hydrogen-bond acceptors (Lipinski definition) is 10. The van der Waals surface area contributed by atoms with E-state index in [-0.39, 0.29) is 12.8 Å². The SMILES string of the molecule is CCCCC/C=C\C/C=C\C/C=C\C/C=C\CCCC(=O)OC[C@H](COP(=O)(O)OC[C@@H](O)COP(=O)(O)O)OC(=O)CCCCCCCCC/C=C\CCCCCC. The van der Waals surface area contributed by atoms with Gasteiger partial charge < -0.3 is 29.3 Å². The highest BCUT2D eigenvalue weighted by Crippen LogP contribution is 2.43. The quantitative estimate of drug-likeness (QED) is 0.0196. The molecule has 13 nitrogen and oxygen atoms in total. The standard InChI is InChI=1S/C44H78O13P2/c1-3-5-7-9-11-13-15-17-19-20-22-23-25-27-29-31-33-35-43(46)53-39-42(40-56-59(51,52)55-38-41(45)37-54-58(48,49)50)57-44(47)36-34-32-30-28-26-24-21-18-16-14-12-10-8-6-4-2/h11,13-14,16-17,19,22-23,27,29,41-42,45H,3-10,12,15,18,20-21,24-26,28,30-40H2,1-2H3,(H,51,52)(H2,48,49,50)/b13-11-,16-14-,19-17-,23-22-,29-27-/t41-,42+/m0/s1. The monoisotopic (exact) mass is 876 g/mol. The molecule has 59 heavy (non-hydrogen) atoms. The predicted molar refractivity (Wildman–Crippen MR) is 234 cm³/mol. The molecule has 0 bridgehead atoms. The molecule has 0 saturated carbocycles. The molecule has 0 aromatic rings. The largest absolute Gasteiger partial charge is 0.472 e. The number of hydrogen-bond donors (Lipinski definition) is 4. The van der Waals surface area contributed by atoms with Crippen LogP contribution in [0.15, 0.2) is 60.8 Å². The number of rotatable bonds is 41. The first-order chi connectivity index (χ1) is 28.4. The number of aliphatic hydroxyl groups excluding tert-OH is 1. The number of esters is 2. The summed E-state index contributed by atoms with van der Waals surface area (Å²) in [6.07, 6.45) is 42.1. The molecule has 0 aromatic heterocycles. The van der Waals surface area contributed by atoms with E-state index < -0.39 is 66.2 Å². The van der Waals surface area contributed by atoms with E-state index in [4.69, 9.17) is 23.8 Å². The molecule has 0 spiro atoms. The smallest absolute Gasteiger partial charge is 0.462 e. The number of ether oxygens (including phenoxy) is 2. The van der Waals surface area contributed by atoms with Gasteiger partial charge in [0.1, 0.15) is 12.7 Å². The Kier molecular flexibility index (Phi) is 38.5. The van der Waals surface area contributed by atoms with Gasteiger partial charge in [0, 0.05) is 12.8 Å². The molecular formula is C44H78O13P2. The summed E-state index contributed by atoms with van der Waals surface area (Å²) in [6.45, 7) is 1.65. The van der Waals surface area contributed by atoms with E-state index in [0.717, 1.165) is 57.8 Å². The van der Waals surface area contributed by atoms with Gasteiger partial charge in [-0.2, -0.15) is 0 Å². The molecule has 0 amide bonds. The summed E-state index contributed by atoms with van der Waals surface area (Å²) in [7, 11) is -9.69. The highest BCUT2D eigenvalue weighted by molar-refractivity contribution is 7.47. The molecule has 0 radical (unpaired) electrons. The number of allylic oxidation sites excluding steroid dienone is 10. The van der Waals surface area contributed by atoms with Crippen molar-refractivity contribution in [1.29, 1.82) is 0 Å². The van der Waals surface area contributed by atoms with E-state index in [0.29, 0.717) is 19.3 Å². The summed E-state index contributed by atoms with van der Waals surface area (Å²) in [4.78, 5) is 52.7. The summed E-state index contributed by atoms with van der Waals surface area (Å²) in [5, 5.41) is 9.74. The molecule has 0 fully saturated rings. The Hall–Kier alpha value is -2.18. The highest BCUT2D eigenvalue weighted by Gasteiger charge is 2.28. The molecule has 342 valence electrons. The van der Waals surface area contributed by atoms with Crippen molar-refractivity contribution < 1.29 is 61.6 Å². The van der Waals surface area contributed by atoms with Gasteiger partial charge in [-0.3, -0.25) is 23.2 Å². The van der Waals surface area contributed by atoms with Crippen LogP contribution in [0.1, 0.15) is 168 Å². The Balaban J connectivity index is 4.62. The van der Waals surface area contributed by atoms with Gasteiger partial charge in [-0.05, 0) is 77.0 Å². The van der Waals surface area contributed by atoms with Crippen molar-refractivity contribution in [2.45, 2.75) is 180 Å². The summed E-state index contributed by atoms with van der Waals surface area (Å²) < 4.78 is 47.7. The lowest BCUT2D eigenvalue weighted by atomic mass is 10.1. The Morgan fingerprint density at radius 2 is 0.898 bits per heavy atom. The summed E-state index contributed by atoms with van der Waals surface area (Å²) in [5.74, 6) is -1.10. The molecular weight excluding hydrogens is 798 g/mol. The topological polar surface area (TPSA) is 195 Å². The van der Waals surface area contributed by atoms with Gasteiger partial charge in [0.05, 0.1) is 19.8 Å². The van der Waals surface area contributed by atoms with Crippen LogP contribution in [-0.2, 0) is 41.8 Å². The van der Waals surface area contributed by atoms with Crippen LogP contribution in [0.25, 0.3) is 0 Å². The van der Waals surface area contributed by atoms with Crippen LogP contribution in [0.2, 0.25) is 0 Å². The highest BCUT2D eigenvalue weighted by atomic mass is 31.2. The average molecular weight is 877 g/mol. The normalized spacial score (nSPS) is 14.6. The van der Waals surface area contributed by atoms with Crippen LogP contribution in [0.4, 0.5) is 0 Å². The first-order valence-electron chi connectivity index (χ1n) is 22.0. The van der Waals surface area contributed by atoms with E-state index in [1.807, 2.05) is 12.2 Å². The Labute approximate surface area is 355 Å². The third-order valence-corrected chi connectivity index (χ3v) is 10.3. The molecule has 0 saturated heterocycles. The maximum absolute atomic E-state index is 12.7. The minimum Gasteiger partial charge on any atom is -0.462 e. The van der Waals surface area contributed by atoms with Crippen molar-refractivity contribution in [2.24, 2.45) is 0 Å². The lowest BCUT2D eigenvalue weighted by Gasteiger charge is -2.20. The minimum atomic E-state index is -4.87. The molecule has 0 aliphatic heterocycles. The van der Waals surface area contributed by atoms with E-state index in [2.05, 4.69) is 71.5 Å². The maximum Gasteiger partial charge on any atom is 0.472 e. The maximum atomic E-state index is 12.7. The van der Waals surface area contributed by atoms with Crippen molar-refractivity contribution in [2.75, 3.05) is 26.4 Å². The fourth-order valence-corrected chi connectivity index (χ4v) is 6.67. The molecule has 15 heteroatoms. The van der Waals surface area contributed by atoms with Crippen LogP contribution in [-0.4, -0.2) is 70.4 Å². The average Bonchev–Trinajstić information content (AvgIpc) is 3.19. The van der Waals surface area contributed by atoms with E-state index in [1.54, 1.807) is 0 Å². The molecule has 0 rings (SSSR count). The van der Waals surface area contributed by atoms with Crippen molar-refractivity contribution >= 4 is 27.6 Å². The third kappa shape index (κ3) is 43.7. The lowest BCUT2D eigenvalue weighted by molar-refractivity contribution is -0.161. The van der Waals surface area contributed by atoms with Gasteiger partial charge in [-0.1, -0.05) is 139 Å². The van der Waals surface area contributed by atoms with Crippen LogP contribution in [0.3, 0.4) is 0 Å². The predicted octanol–water partition coefficient (Wildman–Crippen LogP) is 11.2. The lowest BCUT2D eigenvalue weighted by Crippen LogP contribution is -2.30. The summed E-state index contributed by atoms with van der Waals surface area (Å²) in [6, 6.07) is 0. The molecule has 0 aliphatic carbocycles. The Bertz CT molecular complexity index is 1280. The Morgan fingerprint density at radius 1 is 0.492 bits per heavy atom. The zero-order valence-corrected chi connectivity index (χ0v) is 37.9. The van der Waals surface area contributed by atoms with Crippen LogP contribution >= 0.6 is 15.6 Å². The number of carbonyl (C=O) groups excluding carboxylic acids is 2. The first-order valence-corrected chi connectivity index (χ1v) is 25.0. The van der Waals surface area contributed by atoms with Crippen LogP contribution in [0, 0.1) is 0 Å². The van der Waals surface area contributed by atoms with E-state index in [1.165, 1.54) is 64.2 Å². The van der Waals surface area contributed by atoms with Gasteiger partial charge in [0.15, 0.2) is 6.10 Å². The Morgan fingerprint density at radius 3 is 1.46 bits per heavy atom. The fraction of sp³-hybridized carbons (Fsp3) is 0.727. The molecule has 3 atom stereocenters. The second-order valence-electron chi connectivity index (χ2n) is 14.6. The van der Waals surface area contributed by atoms with Gasteiger partial charge in [-0.25, -0.2) is 9.13 Å². The van der Waals surface area contributed by atoms with Crippen molar-refractivity contribution in [1.82, 2.24) is 0 Å². The molecule has 1 unspecified atom stereocenters. The van der Waals surface area contributed by atoms with Crippen LogP contribution in [0.5, 0.6) is 0 Å². The van der Waals surface area contributed by atoms with Crippen molar-refractivity contribution in [3.05, 3.63) is 60.8 Å². The van der Waals surface area contributed by atoms with Gasteiger partial charge in [-0.15, -0.1) is 0 Å². The van der Waals surface area contributed by atoms with Crippen molar-refractivity contribution in [3.63, 3.8) is 0 Å². The van der Waals surface area contributed by atoms with Crippen LogP contribution < -0.4 is 0 Å². The van der Waals surface area contributed by atoms with Gasteiger partial charge >= 0.3 is 27.6 Å². The molecule has 4 N–H and O–H groups in total. The van der Waals surface area contributed by atoms with E-state index >= 15 is 0 Å².